The third-order valence-corrected chi connectivity index (χ3v) is 3.11. The van der Waals surface area contributed by atoms with Crippen LogP contribution in [0, 0.1) is 6.92 Å². The van der Waals surface area contributed by atoms with Crippen molar-refractivity contribution in [1.82, 2.24) is 14.8 Å². The largest absolute Gasteiger partial charge is 0.338 e. The summed E-state index contributed by atoms with van der Waals surface area (Å²) in [6.45, 7) is 4.96. The summed E-state index contributed by atoms with van der Waals surface area (Å²) in [7, 11) is 0. The molecular formula is C11H13BrN4. The summed E-state index contributed by atoms with van der Waals surface area (Å²) in [6, 6.07) is 1.99. The molecule has 16 heavy (non-hydrogen) atoms. The number of nitrogens with zero attached hydrogens (tertiary/aromatic N) is 3. The molecule has 2 heterocycles. The number of hydrogen-bond acceptors (Lipinski definition) is 3. The van der Waals surface area contributed by atoms with Gasteiger partial charge in [0.1, 0.15) is 5.82 Å². The van der Waals surface area contributed by atoms with Crippen LogP contribution in [0.15, 0.2) is 29.1 Å². The van der Waals surface area contributed by atoms with Crippen molar-refractivity contribution in [3.8, 4) is 0 Å². The van der Waals surface area contributed by atoms with Crippen molar-refractivity contribution >= 4 is 27.4 Å². The maximum absolute atomic E-state index is 4.27. The molecule has 0 aliphatic rings. The van der Waals surface area contributed by atoms with E-state index in [1.807, 2.05) is 23.9 Å². The standard InChI is InChI=1S/C11H13BrN4/c1-3-16-7-9(5-14-16)15-11-4-8(2)10(12)6-13-11/h4-7H,3H2,1-2H3,(H,13,15). The van der Waals surface area contributed by atoms with E-state index in [0.717, 1.165) is 28.1 Å². The van der Waals surface area contributed by atoms with Gasteiger partial charge in [-0.05, 0) is 41.4 Å². The lowest BCUT2D eigenvalue weighted by atomic mass is 10.3. The molecule has 1 N–H and O–H groups in total. The van der Waals surface area contributed by atoms with Crippen LogP contribution in [0.25, 0.3) is 0 Å². The van der Waals surface area contributed by atoms with Crippen LogP contribution in [0.4, 0.5) is 11.5 Å². The maximum atomic E-state index is 4.27. The molecule has 2 rings (SSSR count). The average molecular weight is 281 g/mol. The molecule has 2 aromatic rings. The minimum absolute atomic E-state index is 0.830. The normalized spacial score (nSPS) is 10.4. The van der Waals surface area contributed by atoms with Gasteiger partial charge in [0.25, 0.3) is 0 Å². The predicted molar refractivity (Wildman–Crippen MR) is 67.9 cm³/mol. The highest BCUT2D eigenvalue weighted by molar-refractivity contribution is 9.10. The van der Waals surface area contributed by atoms with Crippen LogP contribution in [0.5, 0.6) is 0 Å². The van der Waals surface area contributed by atoms with E-state index in [2.05, 4.69) is 38.3 Å². The zero-order chi connectivity index (χ0) is 11.5. The number of rotatable bonds is 3. The van der Waals surface area contributed by atoms with E-state index in [4.69, 9.17) is 0 Å². The van der Waals surface area contributed by atoms with Gasteiger partial charge >= 0.3 is 0 Å². The first-order valence-electron chi connectivity index (χ1n) is 5.10. The van der Waals surface area contributed by atoms with E-state index in [1.54, 1.807) is 12.4 Å². The fourth-order valence-electron chi connectivity index (χ4n) is 1.36. The van der Waals surface area contributed by atoms with E-state index < -0.39 is 0 Å². The third-order valence-electron chi connectivity index (χ3n) is 2.28. The Balaban J connectivity index is 2.17. The SMILES string of the molecule is CCn1cc(Nc2cc(C)c(Br)cn2)cn1. The van der Waals surface area contributed by atoms with Gasteiger partial charge in [-0.3, -0.25) is 4.68 Å². The van der Waals surface area contributed by atoms with Crippen molar-refractivity contribution < 1.29 is 0 Å². The Kier molecular flexibility index (Phi) is 3.24. The van der Waals surface area contributed by atoms with Crippen molar-refractivity contribution in [2.75, 3.05) is 5.32 Å². The van der Waals surface area contributed by atoms with Gasteiger partial charge in [0.15, 0.2) is 0 Å². The highest BCUT2D eigenvalue weighted by atomic mass is 79.9. The van der Waals surface area contributed by atoms with Crippen LogP contribution in [0.2, 0.25) is 0 Å². The van der Waals surface area contributed by atoms with Gasteiger partial charge in [-0.1, -0.05) is 0 Å². The number of pyridine rings is 1. The lowest BCUT2D eigenvalue weighted by Crippen LogP contribution is -1.94. The van der Waals surface area contributed by atoms with Gasteiger partial charge in [0.05, 0.1) is 11.9 Å². The second-order valence-corrected chi connectivity index (χ2v) is 4.38. The highest BCUT2D eigenvalue weighted by Gasteiger charge is 2.01. The van der Waals surface area contributed by atoms with Crippen molar-refractivity contribution in [2.24, 2.45) is 0 Å². The Bertz CT molecular complexity index is 492. The molecule has 0 unspecified atom stereocenters. The van der Waals surface area contributed by atoms with E-state index >= 15 is 0 Å². The van der Waals surface area contributed by atoms with Crippen molar-refractivity contribution in [2.45, 2.75) is 20.4 Å². The Labute approximate surface area is 103 Å². The molecule has 84 valence electrons. The van der Waals surface area contributed by atoms with Gasteiger partial charge in [-0.25, -0.2) is 4.98 Å². The molecule has 0 amide bonds. The maximum Gasteiger partial charge on any atom is 0.130 e. The van der Waals surface area contributed by atoms with Gasteiger partial charge in [-0.15, -0.1) is 0 Å². The fourth-order valence-corrected chi connectivity index (χ4v) is 1.57. The Morgan fingerprint density at radius 1 is 1.44 bits per heavy atom. The van der Waals surface area contributed by atoms with Gasteiger partial charge in [-0.2, -0.15) is 5.10 Å². The number of nitrogens with one attached hydrogen (secondary N) is 1. The number of hydrogen-bond donors (Lipinski definition) is 1. The minimum Gasteiger partial charge on any atom is -0.338 e. The van der Waals surface area contributed by atoms with E-state index in [0.29, 0.717) is 0 Å². The molecule has 0 aromatic carbocycles. The van der Waals surface area contributed by atoms with Crippen molar-refractivity contribution in [1.29, 1.82) is 0 Å². The molecule has 0 radical (unpaired) electrons. The van der Waals surface area contributed by atoms with Crippen LogP contribution in [-0.4, -0.2) is 14.8 Å². The average Bonchev–Trinajstić information content (AvgIpc) is 2.71. The molecular weight excluding hydrogens is 268 g/mol. The first-order chi connectivity index (χ1) is 7.69. The van der Waals surface area contributed by atoms with Crippen LogP contribution in [0.3, 0.4) is 0 Å². The molecule has 0 fully saturated rings. The predicted octanol–water partition coefficient (Wildman–Crippen LogP) is 3.11. The monoisotopic (exact) mass is 280 g/mol. The van der Waals surface area contributed by atoms with E-state index in [9.17, 15) is 0 Å². The molecule has 0 aliphatic heterocycles. The molecule has 2 aromatic heterocycles. The van der Waals surface area contributed by atoms with Crippen molar-refractivity contribution in [3.63, 3.8) is 0 Å². The van der Waals surface area contributed by atoms with Gasteiger partial charge in [0, 0.05) is 23.4 Å². The third kappa shape index (κ3) is 2.41. The lowest BCUT2D eigenvalue weighted by Gasteiger charge is -2.04. The first kappa shape index (κ1) is 11.1. The molecule has 5 heteroatoms. The van der Waals surface area contributed by atoms with Crippen LogP contribution >= 0.6 is 15.9 Å². The number of aromatic nitrogens is 3. The topological polar surface area (TPSA) is 42.7 Å². The molecule has 0 saturated heterocycles. The number of anilines is 2. The quantitative estimate of drug-likeness (QED) is 0.940. The van der Waals surface area contributed by atoms with Crippen LogP contribution in [0.1, 0.15) is 12.5 Å². The zero-order valence-electron chi connectivity index (χ0n) is 9.24. The summed E-state index contributed by atoms with van der Waals surface area (Å²) < 4.78 is 2.89. The van der Waals surface area contributed by atoms with Gasteiger partial charge < -0.3 is 5.32 Å². The second kappa shape index (κ2) is 4.65. The fraction of sp³-hybridized carbons (Fsp3) is 0.273. The summed E-state index contributed by atoms with van der Waals surface area (Å²) in [5.41, 5.74) is 2.11. The summed E-state index contributed by atoms with van der Waals surface area (Å²) in [5, 5.41) is 7.40. The Morgan fingerprint density at radius 3 is 2.88 bits per heavy atom. The van der Waals surface area contributed by atoms with Gasteiger partial charge in [0.2, 0.25) is 0 Å². The summed E-state index contributed by atoms with van der Waals surface area (Å²) in [5.74, 6) is 0.830. The lowest BCUT2D eigenvalue weighted by molar-refractivity contribution is 0.660. The zero-order valence-corrected chi connectivity index (χ0v) is 10.8. The molecule has 0 atom stereocenters. The smallest absolute Gasteiger partial charge is 0.130 e. The van der Waals surface area contributed by atoms with Crippen LogP contribution in [-0.2, 0) is 6.54 Å². The second-order valence-electron chi connectivity index (χ2n) is 3.53. The van der Waals surface area contributed by atoms with Crippen molar-refractivity contribution in [3.05, 3.63) is 34.7 Å². The van der Waals surface area contributed by atoms with E-state index in [-0.39, 0.29) is 0 Å². The number of aryl methyl sites for hydroxylation is 2. The summed E-state index contributed by atoms with van der Waals surface area (Å²) in [6.07, 6.45) is 5.55. The summed E-state index contributed by atoms with van der Waals surface area (Å²) in [4.78, 5) is 4.27. The summed E-state index contributed by atoms with van der Waals surface area (Å²) >= 11 is 3.42. The highest BCUT2D eigenvalue weighted by Crippen LogP contribution is 2.19. The molecule has 4 nitrogen and oxygen atoms in total. The molecule has 0 spiro atoms. The minimum atomic E-state index is 0.830. The van der Waals surface area contributed by atoms with E-state index in [1.165, 1.54) is 0 Å². The Hall–Kier alpha value is -1.36. The molecule has 0 aliphatic carbocycles. The molecule has 0 bridgehead atoms. The number of halogens is 1. The van der Waals surface area contributed by atoms with Crippen LogP contribution < -0.4 is 5.32 Å². The Morgan fingerprint density at radius 2 is 2.25 bits per heavy atom. The molecule has 0 saturated carbocycles. The first-order valence-corrected chi connectivity index (χ1v) is 5.90.